The van der Waals surface area contributed by atoms with E-state index in [9.17, 15) is 0 Å². The Hall–Kier alpha value is -2.98. The van der Waals surface area contributed by atoms with Gasteiger partial charge in [0.05, 0.1) is 24.2 Å². The molecule has 4 rings (SSSR count). The lowest BCUT2D eigenvalue weighted by Crippen LogP contribution is -2.25. The standard InChI is InChI=1S/C18H18N6O/c1-23-10-8-20-17(23)15-3-2-9-24(15)12-16-21-22-18(25-16)14-6-4-13(11-19)5-7-14/h4-8,10,15H,2-3,9,12H2,1H3. The van der Waals surface area contributed by atoms with Gasteiger partial charge in [-0.1, -0.05) is 0 Å². The van der Waals surface area contributed by atoms with E-state index in [2.05, 4.69) is 30.7 Å². The Morgan fingerprint density at radius 1 is 1.28 bits per heavy atom. The maximum Gasteiger partial charge on any atom is 0.247 e. The number of aromatic nitrogens is 4. The van der Waals surface area contributed by atoms with Gasteiger partial charge in [0.2, 0.25) is 11.8 Å². The summed E-state index contributed by atoms with van der Waals surface area (Å²) >= 11 is 0. The lowest BCUT2D eigenvalue weighted by molar-refractivity contribution is 0.214. The number of aryl methyl sites for hydroxylation is 1. The van der Waals surface area contributed by atoms with Crippen LogP contribution >= 0.6 is 0 Å². The first-order chi connectivity index (χ1) is 12.2. The number of hydrogen-bond acceptors (Lipinski definition) is 6. The van der Waals surface area contributed by atoms with Crippen molar-refractivity contribution in [1.29, 1.82) is 5.26 Å². The zero-order chi connectivity index (χ0) is 17.2. The van der Waals surface area contributed by atoms with Crippen molar-refractivity contribution in [2.45, 2.75) is 25.4 Å². The Labute approximate surface area is 145 Å². The minimum Gasteiger partial charge on any atom is -0.419 e. The first-order valence-corrected chi connectivity index (χ1v) is 8.29. The molecular weight excluding hydrogens is 316 g/mol. The van der Waals surface area contributed by atoms with Crippen LogP contribution in [0.1, 0.15) is 36.2 Å². The van der Waals surface area contributed by atoms with Crippen LogP contribution < -0.4 is 0 Å². The second-order valence-electron chi connectivity index (χ2n) is 6.21. The molecule has 0 amide bonds. The molecule has 1 aliphatic heterocycles. The van der Waals surface area contributed by atoms with Crippen LogP contribution in [0.5, 0.6) is 0 Å². The quantitative estimate of drug-likeness (QED) is 0.729. The molecule has 3 aromatic rings. The third-order valence-corrected chi connectivity index (χ3v) is 4.59. The van der Waals surface area contributed by atoms with Crippen LogP contribution in [0, 0.1) is 11.3 Å². The normalized spacial score (nSPS) is 17.7. The molecule has 2 aromatic heterocycles. The van der Waals surface area contributed by atoms with Crippen molar-refractivity contribution >= 4 is 0 Å². The topological polar surface area (TPSA) is 83.8 Å². The first kappa shape index (κ1) is 15.5. The number of imidazole rings is 1. The molecule has 1 aliphatic rings. The van der Waals surface area contributed by atoms with Crippen LogP contribution in [0.2, 0.25) is 0 Å². The van der Waals surface area contributed by atoms with Gasteiger partial charge in [0.15, 0.2) is 0 Å². The molecule has 7 nitrogen and oxygen atoms in total. The van der Waals surface area contributed by atoms with E-state index in [0.717, 1.165) is 30.8 Å². The number of likely N-dealkylation sites (tertiary alicyclic amines) is 1. The fourth-order valence-electron chi connectivity index (χ4n) is 3.30. The van der Waals surface area contributed by atoms with Crippen LogP contribution in [0.4, 0.5) is 0 Å². The Bertz CT molecular complexity index is 904. The summed E-state index contributed by atoms with van der Waals surface area (Å²) in [7, 11) is 2.02. The van der Waals surface area contributed by atoms with Crippen molar-refractivity contribution in [3.8, 4) is 17.5 Å². The van der Waals surface area contributed by atoms with Gasteiger partial charge in [0, 0.05) is 25.0 Å². The molecule has 3 heterocycles. The van der Waals surface area contributed by atoms with Crippen LogP contribution in [0.3, 0.4) is 0 Å². The van der Waals surface area contributed by atoms with E-state index in [1.54, 1.807) is 12.1 Å². The molecule has 1 saturated heterocycles. The van der Waals surface area contributed by atoms with Gasteiger partial charge in [0.1, 0.15) is 5.82 Å². The second kappa shape index (κ2) is 6.49. The van der Waals surface area contributed by atoms with E-state index in [1.807, 2.05) is 31.6 Å². The summed E-state index contributed by atoms with van der Waals surface area (Å²) < 4.78 is 7.90. The van der Waals surface area contributed by atoms with Crippen molar-refractivity contribution in [1.82, 2.24) is 24.6 Å². The fourth-order valence-corrected chi connectivity index (χ4v) is 3.30. The average Bonchev–Trinajstić information content (AvgIpc) is 3.37. The third kappa shape index (κ3) is 3.04. The minimum absolute atomic E-state index is 0.283. The molecule has 1 aromatic carbocycles. The van der Waals surface area contributed by atoms with Crippen LogP contribution in [0.25, 0.3) is 11.5 Å². The molecule has 1 unspecified atom stereocenters. The molecule has 1 fully saturated rings. The van der Waals surface area contributed by atoms with Crippen LogP contribution in [-0.4, -0.2) is 31.2 Å². The van der Waals surface area contributed by atoms with Gasteiger partial charge in [-0.3, -0.25) is 4.90 Å². The van der Waals surface area contributed by atoms with E-state index >= 15 is 0 Å². The van der Waals surface area contributed by atoms with Crippen molar-refractivity contribution in [2.24, 2.45) is 7.05 Å². The summed E-state index contributed by atoms with van der Waals surface area (Å²) in [5.41, 5.74) is 1.43. The van der Waals surface area contributed by atoms with E-state index in [4.69, 9.17) is 9.68 Å². The van der Waals surface area contributed by atoms with Crippen molar-refractivity contribution in [2.75, 3.05) is 6.54 Å². The molecular formula is C18H18N6O. The predicted octanol–water partition coefficient (Wildman–Crippen LogP) is 2.68. The molecule has 0 N–H and O–H groups in total. The van der Waals surface area contributed by atoms with Gasteiger partial charge in [-0.25, -0.2) is 4.98 Å². The van der Waals surface area contributed by atoms with E-state index < -0.39 is 0 Å². The highest BCUT2D eigenvalue weighted by molar-refractivity contribution is 5.54. The van der Waals surface area contributed by atoms with E-state index in [-0.39, 0.29) is 6.04 Å². The largest absolute Gasteiger partial charge is 0.419 e. The maximum absolute atomic E-state index is 8.87. The SMILES string of the molecule is Cn1ccnc1C1CCCN1Cc1nnc(-c2ccc(C#N)cc2)o1. The number of benzene rings is 1. The van der Waals surface area contributed by atoms with Gasteiger partial charge >= 0.3 is 0 Å². The summed E-state index contributed by atoms with van der Waals surface area (Å²) in [5.74, 6) is 2.15. The molecule has 25 heavy (non-hydrogen) atoms. The molecule has 0 saturated carbocycles. The zero-order valence-corrected chi connectivity index (χ0v) is 14.0. The number of nitriles is 1. The summed E-state index contributed by atoms with van der Waals surface area (Å²) in [5, 5.41) is 17.2. The highest BCUT2D eigenvalue weighted by Crippen LogP contribution is 2.32. The highest BCUT2D eigenvalue weighted by Gasteiger charge is 2.30. The van der Waals surface area contributed by atoms with Gasteiger partial charge in [-0.2, -0.15) is 5.26 Å². The monoisotopic (exact) mass is 334 g/mol. The number of nitrogens with zero attached hydrogens (tertiary/aromatic N) is 6. The molecule has 7 heteroatoms. The van der Waals surface area contributed by atoms with Crippen LogP contribution in [0.15, 0.2) is 41.1 Å². The Kier molecular flexibility index (Phi) is 4.04. The molecule has 126 valence electrons. The Balaban J connectivity index is 1.50. The second-order valence-corrected chi connectivity index (χ2v) is 6.21. The lowest BCUT2D eigenvalue weighted by atomic mass is 10.1. The van der Waals surface area contributed by atoms with Crippen molar-refractivity contribution in [3.63, 3.8) is 0 Å². The summed E-state index contributed by atoms with van der Waals surface area (Å²) in [6.45, 7) is 1.60. The molecule has 0 radical (unpaired) electrons. The Morgan fingerprint density at radius 3 is 2.84 bits per heavy atom. The van der Waals surface area contributed by atoms with E-state index in [1.165, 1.54) is 0 Å². The summed E-state index contributed by atoms with van der Waals surface area (Å²) in [4.78, 5) is 6.82. The summed E-state index contributed by atoms with van der Waals surface area (Å²) in [6.07, 6.45) is 6.03. The average molecular weight is 334 g/mol. The predicted molar refractivity (Wildman–Crippen MR) is 90.0 cm³/mol. The fraction of sp³-hybridized carbons (Fsp3) is 0.333. The third-order valence-electron chi connectivity index (χ3n) is 4.59. The van der Waals surface area contributed by atoms with Gasteiger partial charge in [-0.15, -0.1) is 10.2 Å². The van der Waals surface area contributed by atoms with Gasteiger partial charge in [0.25, 0.3) is 0 Å². The smallest absolute Gasteiger partial charge is 0.247 e. The highest BCUT2D eigenvalue weighted by atomic mass is 16.4. The van der Waals surface area contributed by atoms with Gasteiger partial charge in [-0.05, 0) is 43.7 Å². The van der Waals surface area contributed by atoms with E-state index in [0.29, 0.717) is 23.9 Å². The molecule has 0 spiro atoms. The van der Waals surface area contributed by atoms with Crippen molar-refractivity contribution < 1.29 is 4.42 Å². The number of rotatable bonds is 4. The number of hydrogen-bond donors (Lipinski definition) is 0. The maximum atomic E-state index is 8.87. The first-order valence-electron chi connectivity index (χ1n) is 8.29. The molecule has 0 bridgehead atoms. The van der Waals surface area contributed by atoms with Gasteiger partial charge < -0.3 is 8.98 Å². The molecule has 0 aliphatic carbocycles. The zero-order valence-electron chi connectivity index (χ0n) is 14.0. The van der Waals surface area contributed by atoms with Crippen LogP contribution in [-0.2, 0) is 13.6 Å². The lowest BCUT2D eigenvalue weighted by Gasteiger charge is -2.22. The van der Waals surface area contributed by atoms with Crippen molar-refractivity contribution in [3.05, 3.63) is 53.9 Å². The minimum atomic E-state index is 0.283. The molecule has 1 atom stereocenters. The Morgan fingerprint density at radius 2 is 2.12 bits per heavy atom. The summed E-state index contributed by atoms with van der Waals surface area (Å²) in [6, 6.07) is 9.52.